The van der Waals surface area contributed by atoms with Gasteiger partial charge < -0.3 is 9.47 Å². The molecular formula is C20H32O3. The Bertz CT molecular complexity index is 480. The summed E-state index contributed by atoms with van der Waals surface area (Å²) in [5.74, 6) is 0.677. The summed E-state index contributed by atoms with van der Waals surface area (Å²) in [4.78, 5) is 11.9. The zero-order chi connectivity index (χ0) is 17.1. The number of aryl methyl sites for hydroxylation is 1. The van der Waals surface area contributed by atoms with Gasteiger partial charge >= 0.3 is 6.16 Å². The van der Waals surface area contributed by atoms with Gasteiger partial charge in [-0.2, -0.15) is 0 Å². The number of hydrogen-bond acceptors (Lipinski definition) is 3. The molecule has 3 nitrogen and oxygen atoms in total. The van der Waals surface area contributed by atoms with Crippen LogP contribution in [0, 0.1) is 0 Å². The molecule has 0 aromatic heterocycles. The summed E-state index contributed by atoms with van der Waals surface area (Å²) in [6, 6.07) is 4.05. The first kappa shape index (κ1) is 19.5. The number of carbonyl (C=O) groups is 1. The molecule has 0 radical (unpaired) electrons. The number of unbranched alkanes of at least 4 members (excludes halogenated alkanes) is 1. The number of carbonyl (C=O) groups excluding carboxylic acids is 1. The molecule has 0 bridgehead atoms. The van der Waals surface area contributed by atoms with Crippen molar-refractivity contribution in [3.8, 4) is 5.75 Å². The van der Waals surface area contributed by atoms with E-state index in [-0.39, 0.29) is 0 Å². The average Bonchev–Trinajstić information content (AvgIpc) is 2.53. The van der Waals surface area contributed by atoms with Crippen molar-refractivity contribution >= 4 is 6.16 Å². The highest BCUT2D eigenvalue weighted by Gasteiger charge is 2.16. The van der Waals surface area contributed by atoms with Gasteiger partial charge in [0.05, 0.1) is 6.61 Å². The third-order valence-electron chi connectivity index (χ3n) is 3.92. The van der Waals surface area contributed by atoms with Crippen molar-refractivity contribution in [2.24, 2.45) is 0 Å². The number of rotatable bonds is 10. The van der Waals surface area contributed by atoms with Crippen LogP contribution in [0.1, 0.15) is 76.5 Å². The fourth-order valence-corrected chi connectivity index (χ4v) is 2.82. The lowest BCUT2D eigenvalue weighted by molar-refractivity contribution is 0.0974. The summed E-state index contributed by atoms with van der Waals surface area (Å²) in [6.07, 6.45) is 7.59. The maximum absolute atomic E-state index is 11.9. The van der Waals surface area contributed by atoms with Gasteiger partial charge in [0.25, 0.3) is 0 Å². The Morgan fingerprint density at radius 3 is 2.13 bits per heavy atom. The van der Waals surface area contributed by atoms with Crippen LogP contribution in [-0.4, -0.2) is 12.8 Å². The lowest BCUT2D eigenvalue weighted by Crippen LogP contribution is -2.14. The second-order valence-corrected chi connectivity index (χ2v) is 5.98. The van der Waals surface area contributed by atoms with E-state index in [9.17, 15) is 4.79 Å². The quantitative estimate of drug-likeness (QED) is 0.308. The van der Waals surface area contributed by atoms with Crippen molar-refractivity contribution in [3.63, 3.8) is 0 Å². The first-order chi connectivity index (χ1) is 11.2. The van der Waals surface area contributed by atoms with Crippen molar-refractivity contribution in [1.29, 1.82) is 0 Å². The maximum atomic E-state index is 11.9. The largest absolute Gasteiger partial charge is 0.513 e. The standard InChI is InChI=1S/C20H32O3/c1-5-9-15-22-20(21)23-19-14-13-16(10-6-2)17(11-7-3)18(19)12-8-4/h13-14H,5-12,15H2,1-4H3. The van der Waals surface area contributed by atoms with E-state index in [4.69, 9.17) is 9.47 Å². The van der Waals surface area contributed by atoms with E-state index in [1.807, 2.05) is 6.07 Å². The Balaban J connectivity index is 3.00. The minimum atomic E-state index is -0.582. The lowest BCUT2D eigenvalue weighted by atomic mass is 9.91. The molecule has 0 heterocycles. The third kappa shape index (κ3) is 6.25. The summed E-state index contributed by atoms with van der Waals surface area (Å²) >= 11 is 0. The summed E-state index contributed by atoms with van der Waals surface area (Å²) in [7, 11) is 0. The van der Waals surface area contributed by atoms with E-state index in [2.05, 4.69) is 33.8 Å². The highest BCUT2D eigenvalue weighted by molar-refractivity contribution is 5.65. The predicted octanol–water partition coefficient (Wildman–Crippen LogP) is 5.86. The first-order valence-electron chi connectivity index (χ1n) is 9.15. The van der Waals surface area contributed by atoms with Gasteiger partial charge in [0.2, 0.25) is 0 Å². The highest BCUT2D eigenvalue weighted by Crippen LogP contribution is 2.29. The number of benzene rings is 1. The SMILES string of the molecule is CCCCOC(=O)Oc1ccc(CCC)c(CCC)c1CCC. The van der Waals surface area contributed by atoms with Crippen LogP contribution in [0.4, 0.5) is 4.79 Å². The molecule has 1 rings (SSSR count). The smallest absolute Gasteiger partial charge is 0.434 e. The molecule has 1 aromatic rings. The van der Waals surface area contributed by atoms with Gasteiger partial charge in [-0.15, -0.1) is 0 Å². The van der Waals surface area contributed by atoms with Crippen LogP contribution in [0.25, 0.3) is 0 Å². The van der Waals surface area contributed by atoms with E-state index in [1.165, 1.54) is 16.7 Å². The molecule has 0 saturated heterocycles. The molecule has 0 aliphatic rings. The summed E-state index contributed by atoms with van der Waals surface area (Å²) < 4.78 is 10.6. The summed E-state index contributed by atoms with van der Waals surface area (Å²) in [5, 5.41) is 0. The van der Waals surface area contributed by atoms with Gasteiger partial charge in [-0.05, 0) is 48.4 Å². The van der Waals surface area contributed by atoms with Gasteiger partial charge in [-0.3, -0.25) is 0 Å². The Morgan fingerprint density at radius 2 is 1.52 bits per heavy atom. The maximum Gasteiger partial charge on any atom is 0.513 e. The molecule has 0 aliphatic heterocycles. The zero-order valence-corrected chi connectivity index (χ0v) is 15.2. The highest BCUT2D eigenvalue weighted by atomic mass is 16.7. The van der Waals surface area contributed by atoms with Crippen molar-refractivity contribution in [2.75, 3.05) is 6.61 Å². The molecule has 0 amide bonds. The molecule has 1 aromatic carbocycles. The monoisotopic (exact) mass is 320 g/mol. The van der Waals surface area contributed by atoms with Gasteiger partial charge in [-0.25, -0.2) is 4.79 Å². The van der Waals surface area contributed by atoms with Gasteiger partial charge in [0.1, 0.15) is 5.75 Å². The van der Waals surface area contributed by atoms with E-state index in [0.717, 1.165) is 51.4 Å². The van der Waals surface area contributed by atoms with Crippen molar-refractivity contribution in [2.45, 2.75) is 79.1 Å². The van der Waals surface area contributed by atoms with Crippen LogP contribution in [0.5, 0.6) is 5.75 Å². The normalized spacial score (nSPS) is 10.6. The van der Waals surface area contributed by atoms with Crippen LogP contribution >= 0.6 is 0 Å². The molecule has 23 heavy (non-hydrogen) atoms. The Labute approximate surface area is 141 Å². The predicted molar refractivity (Wildman–Crippen MR) is 95.3 cm³/mol. The Morgan fingerprint density at radius 1 is 0.870 bits per heavy atom. The van der Waals surface area contributed by atoms with E-state index in [0.29, 0.717) is 12.4 Å². The molecule has 0 atom stereocenters. The van der Waals surface area contributed by atoms with Gasteiger partial charge in [0, 0.05) is 0 Å². The van der Waals surface area contributed by atoms with Crippen LogP contribution < -0.4 is 4.74 Å². The minimum Gasteiger partial charge on any atom is -0.434 e. The molecule has 3 heteroatoms. The molecule has 0 spiro atoms. The third-order valence-corrected chi connectivity index (χ3v) is 3.92. The molecule has 130 valence electrons. The van der Waals surface area contributed by atoms with E-state index < -0.39 is 6.16 Å². The van der Waals surface area contributed by atoms with E-state index in [1.54, 1.807) is 0 Å². The minimum absolute atomic E-state index is 0.425. The van der Waals surface area contributed by atoms with Crippen LogP contribution in [0.2, 0.25) is 0 Å². The van der Waals surface area contributed by atoms with Crippen LogP contribution in [0.15, 0.2) is 12.1 Å². The molecule has 0 aliphatic carbocycles. The Hall–Kier alpha value is -1.51. The summed E-state index contributed by atoms with van der Waals surface area (Å²) in [6.45, 7) is 9.04. The first-order valence-corrected chi connectivity index (χ1v) is 9.15. The fraction of sp³-hybridized carbons (Fsp3) is 0.650. The second kappa shape index (κ2) is 11.1. The molecule has 0 unspecified atom stereocenters. The molecule has 0 fully saturated rings. The van der Waals surface area contributed by atoms with Gasteiger partial charge in [0.15, 0.2) is 0 Å². The van der Waals surface area contributed by atoms with Crippen LogP contribution in [-0.2, 0) is 24.0 Å². The average molecular weight is 320 g/mol. The second-order valence-electron chi connectivity index (χ2n) is 5.98. The molecule has 0 N–H and O–H groups in total. The number of hydrogen-bond donors (Lipinski definition) is 0. The molecular weight excluding hydrogens is 288 g/mol. The van der Waals surface area contributed by atoms with Gasteiger partial charge in [-0.1, -0.05) is 59.4 Å². The topological polar surface area (TPSA) is 35.5 Å². The van der Waals surface area contributed by atoms with Crippen molar-refractivity contribution in [3.05, 3.63) is 28.8 Å². The lowest BCUT2D eigenvalue weighted by Gasteiger charge is -2.18. The van der Waals surface area contributed by atoms with Crippen molar-refractivity contribution in [1.82, 2.24) is 0 Å². The number of ether oxygens (including phenoxy) is 2. The van der Waals surface area contributed by atoms with Crippen LogP contribution in [0.3, 0.4) is 0 Å². The van der Waals surface area contributed by atoms with Crippen molar-refractivity contribution < 1.29 is 14.3 Å². The molecule has 0 saturated carbocycles. The van der Waals surface area contributed by atoms with E-state index >= 15 is 0 Å². The Kier molecular flexibility index (Phi) is 9.42. The summed E-state index contributed by atoms with van der Waals surface area (Å²) in [5.41, 5.74) is 3.95. The zero-order valence-electron chi connectivity index (χ0n) is 15.2. The fourth-order valence-electron chi connectivity index (χ4n) is 2.82.